The number of nitrogens with one attached hydrogen (secondary N) is 1. The summed E-state index contributed by atoms with van der Waals surface area (Å²) in [7, 11) is 0. The fourth-order valence-corrected chi connectivity index (χ4v) is 3.14. The average Bonchev–Trinajstić information content (AvgIpc) is 2.96. The molecule has 0 aliphatic carbocycles. The molecular weight excluding hydrogens is 316 g/mol. The number of fused-ring (bicyclic) bond motifs is 1. The van der Waals surface area contributed by atoms with E-state index in [0.717, 1.165) is 31.4 Å². The van der Waals surface area contributed by atoms with Gasteiger partial charge in [-0.05, 0) is 30.9 Å². The van der Waals surface area contributed by atoms with E-state index in [1.54, 1.807) is 12.1 Å². The Labute approximate surface area is 140 Å². The lowest BCUT2D eigenvalue weighted by molar-refractivity contribution is -0.122. The molecule has 1 unspecified atom stereocenters. The summed E-state index contributed by atoms with van der Waals surface area (Å²) in [6.07, 6.45) is 2.58. The number of nitrogens with zero attached hydrogens (tertiary/aromatic N) is 2. The Morgan fingerprint density at radius 1 is 1.52 bits per heavy atom. The minimum Gasteiger partial charge on any atom is -0.423 e. The zero-order chi connectivity index (χ0) is 16.2. The van der Waals surface area contributed by atoms with Gasteiger partial charge in [0.05, 0.1) is 0 Å². The monoisotopic (exact) mass is 336 g/mol. The summed E-state index contributed by atoms with van der Waals surface area (Å²) in [5.41, 5.74) is 6.89. The number of hydrogen-bond donors (Lipinski definition) is 2. The van der Waals surface area contributed by atoms with Gasteiger partial charge in [-0.3, -0.25) is 4.79 Å². The largest absolute Gasteiger partial charge is 0.423 e. The maximum absolute atomic E-state index is 11.9. The van der Waals surface area contributed by atoms with Crippen molar-refractivity contribution in [2.45, 2.75) is 19.3 Å². The molecule has 1 aromatic carbocycles. The normalized spacial score (nSPS) is 18.3. The summed E-state index contributed by atoms with van der Waals surface area (Å²) >= 11 is 5.98. The molecule has 1 aromatic heterocycles. The Balaban J connectivity index is 1.66. The first-order valence-electron chi connectivity index (χ1n) is 7.93. The summed E-state index contributed by atoms with van der Waals surface area (Å²) in [5, 5.41) is 3.46. The molecule has 3 rings (SSSR count). The van der Waals surface area contributed by atoms with Crippen LogP contribution < -0.4 is 16.0 Å². The quantitative estimate of drug-likeness (QED) is 0.874. The molecule has 1 amide bonds. The number of halogens is 1. The van der Waals surface area contributed by atoms with Crippen molar-refractivity contribution in [3.63, 3.8) is 0 Å². The number of carbonyl (C=O) groups is 1. The molecule has 1 saturated heterocycles. The number of aromatic nitrogens is 1. The van der Waals surface area contributed by atoms with Crippen molar-refractivity contribution in [2.75, 3.05) is 31.1 Å². The predicted octanol–water partition coefficient (Wildman–Crippen LogP) is 2.16. The Morgan fingerprint density at radius 2 is 2.39 bits per heavy atom. The van der Waals surface area contributed by atoms with Gasteiger partial charge in [0, 0.05) is 43.7 Å². The highest BCUT2D eigenvalue weighted by Gasteiger charge is 2.25. The first kappa shape index (κ1) is 16.1. The van der Waals surface area contributed by atoms with Crippen LogP contribution in [0.2, 0.25) is 5.02 Å². The van der Waals surface area contributed by atoms with Crippen LogP contribution in [-0.2, 0) is 4.79 Å². The third kappa shape index (κ3) is 3.95. The Morgan fingerprint density at radius 3 is 3.22 bits per heavy atom. The lowest BCUT2D eigenvalue weighted by atomic mass is 9.95. The molecule has 1 aliphatic rings. The van der Waals surface area contributed by atoms with Crippen LogP contribution in [0.15, 0.2) is 22.6 Å². The standard InChI is InChI=1S/C16H21ClN4O2/c17-12-3-4-13-14(9-12)23-16(20-13)21-7-1-2-11(10-21)8-15(22)19-6-5-18/h3-4,9,11H,1-2,5-8,10,18H2,(H,19,22). The number of oxazole rings is 1. The van der Waals surface area contributed by atoms with Crippen LogP contribution in [-0.4, -0.2) is 37.1 Å². The highest BCUT2D eigenvalue weighted by atomic mass is 35.5. The van der Waals surface area contributed by atoms with E-state index < -0.39 is 0 Å². The predicted molar refractivity (Wildman–Crippen MR) is 90.6 cm³/mol. The summed E-state index contributed by atoms with van der Waals surface area (Å²) in [6, 6.07) is 6.03. The molecule has 6 nitrogen and oxygen atoms in total. The number of anilines is 1. The summed E-state index contributed by atoms with van der Waals surface area (Å²) in [6.45, 7) is 2.66. The second-order valence-corrected chi connectivity index (χ2v) is 6.34. The van der Waals surface area contributed by atoms with Crippen molar-refractivity contribution >= 4 is 34.6 Å². The van der Waals surface area contributed by atoms with Crippen molar-refractivity contribution in [2.24, 2.45) is 11.7 Å². The molecule has 2 heterocycles. The van der Waals surface area contributed by atoms with Crippen molar-refractivity contribution in [3.8, 4) is 0 Å². The maximum atomic E-state index is 11.9. The van der Waals surface area contributed by atoms with Crippen LogP contribution in [0.25, 0.3) is 11.1 Å². The Hall–Kier alpha value is -1.79. The number of nitrogens with two attached hydrogens (primary N) is 1. The van der Waals surface area contributed by atoms with E-state index in [-0.39, 0.29) is 5.91 Å². The van der Waals surface area contributed by atoms with Crippen LogP contribution in [0.1, 0.15) is 19.3 Å². The number of piperidine rings is 1. The molecule has 1 fully saturated rings. The molecule has 0 saturated carbocycles. The SMILES string of the molecule is NCCNC(=O)CC1CCCN(c2nc3ccc(Cl)cc3o2)C1. The van der Waals surface area contributed by atoms with E-state index in [4.69, 9.17) is 21.8 Å². The highest BCUT2D eigenvalue weighted by Crippen LogP contribution is 2.28. The van der Waals surface area contributed by atoms with Crippen LogP contribution in [0.3, 0.4) is 0 Å². The number of hydrogen-bond acceptors (Lipinski definition) is 5. The third-order valence-electron chi connectivity index (χ3n) is 4.07. The van der Waals surface area contributed by atoms with Crippen LogP contribution in [0.5, 0.6) is 0 Å². The summed E-state index contributed by atoms with van der Waals surface area (Å²) in [4.78, 5) is 18.5. The van der Waals surface area contributed by atoms with Gasteiger partial charge >= 0.3 is 0 Å². The van der Waals surface area contributed by atoms with Gasteiger partial charge in [-0.25, -0.2) is 0 Å². The van der Waals surface area contributed by atoms with Crippen molar-refractivity contribution < 1.29 is 9.21 Å². The molecule has 124 valence electrons. The molecule has 0 spiro atoms. The third-order valence-corrected chi connectivity index (χ3v) is 4.30. The van der Waals surface area contributed by atoms with Gasteiger partial charge in [-0.2, -0.15) is 4.98 Å². The van der Waals surface area contributed by atoms with Gasteiger partial charge in [0.25, 0.3) is 6.01 Å². The summed E-state index contributed by atoms with van der Waals surface area (Å²) < 4.78 is 5.82. The number of carbonyl (C=O) groups excluding carboxylic acids is 1. The van der Waals surface area contributed by atoms with E-state index in [1.807, 2.05) is 6.07 Å². The average molecular weight is 337 g/mol. The van der Waals surface area contributed by atoms with Crippen molar-refractivity contribution in [1.29, 1.82) is 0 Å². The fraction of sp³-hybridized carbons (Fsp3) is 0.500. The Kier molecular flexibility index (Phi) is 5.03. The van der Waals surface area contributed by atoms with E-state index in [1.165, 1.54) is 0 Å². The van der Waals surface area contributed by atoms with Crippen LogP contribution in [0, 0.1) is 5.92 Å². The molecule has 1 aliphatic heterocycles. The first-order chi connectivity index (χ1) is 11.2. The minimum atomic E-state index is 0.0617. The lowest BCUT2D eigenvalue weighted by Gasteiger charge is -2.31. The van der Waals surface area contributed by atoms with Crippen molar-refractivity contribution in [1.82, 2.24) is 10.3 Å². The molecule has 0 radical (unpaired) electrons. The van der Waals surface area contributed by atoms with Gasteiger partial charge in [-0.15, -0.1) is 0 Å². The van der Waals surface area contributed by atoms with Gasteiger partial charge < -0.3 is 20.4 Å². The minimum absolute atomic E-state index is 0.0617. The molecule has 3 N–H and O–H groups in total. The first-order valence-corrected chi connectivity index (χ1v) is 8.31. The Bertz CT molecular complexity index is 688. The lowest BCUT2D eigenvalue weighted by Crippen LogP contribution is -2.38. The van der Waals surface area contributed by atoms with E-state index in [9.17, 15) is 4.79 Å². The second kappa shape index (κ2) is 7.19. The fourth-order valence-electron chi connectivity index (χ4n) is 2.97. The zero-order valence-corrected chi connectivity index (χ0v) is 13.7. The topological polar surface area (TPSA) is 84.4 Å². The molecule has 2 aromatic rings. The number of amides is 1. The van der Waals surface area contributed by atoms with Gasteiger partial charge in [0.15, 0.2) is 5.58 Å². The van der Waals surface area contributed by atoms with Gasteiger partial charge in [-0.1, -0.05) is 11.6 Å². The van der Waals surface area contributed by atoms with Crippen LogP contribution >= 0.6 is 11.6 Å². The molecular formula is C16H21ClN4O2. The number of rotatable bonds is 5. The van der Waals surface area contributed by atoms with Gasteiger partial charge in [0.2, 0.25) is 5.91 Å². The summed E-state index contributed by atoms with van der Waals surface area (Å²) in [5.74, 6) is 0.367. The number of benzene rings is 1. The van der Waals surface area contributed by atoms with Crippen LogP contribution in [0.4, 0.5) is 6.01 Å². The van der Waals surface area contributed by atoms with E-state index in [0.29, 0.717) is 42.0 Å². The molecule has 0 bridgehead atoms. The van der Waals surface area contributed by atoms with Crippen molar-refractivity contribution in [3.05, 3.63) is 23.2 Å². The molecule has 7 heteroatoms. The van der Waals surface area contributed by atoms with E-state index in [2.05, 4.69) is 15.2 Å². The van der Waals surface area contributed by atoms with Gasteiger partial charge in [0.1, 0.15) is 5.52 Å². The maximum Gasteiger partial charge on any atom is 0.298 e. The highest BCUT2D eigenvalue weighted by molar-refractivity contribution is 6.31. The molecule has 1 atom stereocenters. The molecule has 23 heavy (non-hydrogen) atoms. The van der Waals surface area contributed by atoms with E-state index >= 15 is 0 Å². The zero-order valence-electron chi connectivity index (χ0n) is 12.9. The second-order valence-electron chi connectivity index (χ2n) is 5.91. The smallest absolute Gasteiger partial charge is 0.298 e.